The lowest BCUT2D eigenvalue weighted by molar-refractivity contribution is 0.200. The Balaban J connectivity index is -0.0000000615. The van der Waals surface area contributed by atoms with Crippen molar-refractivity contribution in [2.75, 3.05) is 26.2 Å². The third kappa shape index (κ3) is 42.4. The summed E-state index contributed by atoms with van der Waals surface area (Å²) in [5, 5.41) is 0. The maximum absolute atomic E-state index is 3.00. The molecule has 0 N–H and O–H groups in total. The molecule has 0 aromatic heterocycles. The molecule has 2 saturated heterocycles. The fourth-order valence-electron chi connectivity index (χ4n) is 6.85. The summed E-state index contributed by atoms with van der Waals surface area (Å²) < 4.78 is 0. The van der Waals surface area contributed by atoms with Crippen LogP contribution in [-0.4, -0.2) is 48.1 Å². The molecule has 52 heavy (non-hydrogen) atoms. The first kappa shape index (κ1) is 72.9. The van der Waals surface area contributed by atoms with E-state index in [2.05, 4.69) is 148 Å². The largest absolute Gasteiger partial charge is 0.301 e. The van der Waals surface area contributed by atoms with E-state index >= 15 is 0 Å². The lowest BCUT2D eigenvalue weighted by Gasteiger charge is -2.30. The molecule has 1 saturated carbocycles. The van der Waals surface area contributed by atoms with Crippen molar-refractivity contribution in [1.82, 2.24) is 9.80 Å². The van der Waals surface area contributed by atoms with Crippen molar-refractivity contribution in [2.45, 2.75) is 239 Å². The summed E-state index contributed by atoms with van der Waals surface area (Å²) >= 11 is 0. The molecule has 1 aliphatic carbocycles. The molecule has 3 fully saturated rings. The van der Waals surface area contributed by atoms with Crippen LogP contribution in [0.25, 0.3) is 0 Å². The number of nitrogens with zero attached hydrogens (tertiary/aromatic N) is 2. The molecule has 0 bridgehead atoms. The molecule has 0 aromatic rings. The van der Waals surface area contributed by atoms with Gasteiger partial charge < -0.3 is 9.80 Å². The van der Waals surface area contributed by atoms with Crippen molar-refractivity contribution in [2.24, 2.45) is 52.8 Å². The Hall–Kier alpha value is -0.340. The van der Waals surface area contributed by atoms with E-state index in [1.165, 1.54) is 84.0 Å². The van der Waals surface area contributed by atoms with Gasteiger partial charge in [-0.15, -0.1) is 13.2 Å². The van der Waals surface area contributed by atoms with E-state index in [0.717, 1.165) is 59.4 Å². The molecule has 2 nitrogen and oxygen atoms in total. The van der Waals surface area contributed by atoms with Gasteiger partial charge in [-0.2, -0.15) is 0 Å². The van der Waals surface area contributed by atoms with Gasteiger partial charge in [-0.25, -0.2) is 0 Å². The Bertz CT molecular complexity index is 611. The van der Waals surface area contributed by atoms with Gasteiger partial charge in [0.1, 0.15) is 0 Å². The van der Waals surface area contributed by atoms with Crippen molar-refractivity contribution in [1.29, 1.82) is 0 Å². The van der Waals surface area contributed by atoms with Gasteiger partial charge in [0.05, 0.1) is 0 Å². The van der Waals surface area contributed by atoms with Crippen molar-refractivity contribution in [3.63, 3.8) is 0 Å². The molecule has 2 atom stereocenters. The summed E-state index contributed by atoms with van der Waals surface area (Å²) in [6.07, 6.45) is 12.8. The van der Waals surface area contributed by atoms with E-state index in [1.807, 2.05) is 0 Å². The first-order valence-electron chi connectivity index (χ1n) is 20.2. The Kier molecular flexibility index (Phi) is 58.6. The number of rotatable bonds is 10. The van der Waals surface area contributed by atoms with Crippen LogP contribution in [0.2, 0.25) is 0 Å². The number of hydrogen-bond acceptors (Lipinski definition) is 2. The van der Waals surface area contributed by atoms with Crippen LogP contribution in [-0.2, 0) is 0 Å². The fraction of sp³-hybridized carbons (Fsp3) is 0.960. The minimum Gasteiger partial charge on any atom is -0.301 e. The lowest BCUT2D eigenvalue weighted by atomic mass is 9.75. The summed E-state index contributed by atoms with van der Waals surface area (Å²) in [4.78, 5) is 5.18. The molecule has 3 rings (SSSR count). The highest BCUT2D eigenvalue weighted by Gasteiger charge is 2.36. The molecule has 0 spiro atoms. The van der Waals surface area contributed by atoms with Gasteiger partial charge in [0.25, 0.3) is 0 Å². The monoisotopic (exact) mass is 747 g/mol. The second kappa shape index (κ2) is 41.8. The Morgan fingerprint density at radius 1 is 0.481 bits per heavy atom. The molecule has 2 heterocycles. The zero-order chi connectivity index (χ0) is 36.6. The van der Waals surface area contributed by atoms with Crippen molar-refractivity contribution < 1.29 is 0 Å². The smallest absolute Gasteiger partial charge is 0.00388 e. The summed E-state index contributed by atoms with van der Waals surface area (Å²) in [6.45, 7) is 52.7. The second-order valence-electron chi connectivity index (χ2n) is 18.5. The molecule has 328 valence electrons. The summed E-state index contributed by atoms with van der Waals surface area (Å²) in [7, 11) is 0. The van der Waals surface area contributed by atoms with Crippen LogP contribution in [0.4, 0.5) is 0 Å². The third-order valence-corrected chi connectivity index (χ3v) is 10.1. The summed E-state index contributed by atoms with van der Waals surface area (Å²) in [5.74, 6) is 7.29. The highest BCUT2D eigenvalue weighted by Crippen LogP contribution is 2.38. The van der Waals surface area contributed by atoms with E-state index in [-0.39, 0.29) is 44.6 Å². The van der Waals surface area contributed by atoms with Crippen LogP contribution in [0, 0.1) is 52.8 Å². The normalized spacial score (nSPS) is 17.5. The van der Waals surface area contributed by atoms with E-state index in [9.17, 15) is 0 Å². The standard InChI is InChI=1S/C10H19N.C10H22.C8H18.C7H15N.C7H16.C2H4.6CH4/c1-8(2)11-6-9-4-3-5-10(9)7-11;1-8(2)7-10(5,6)9(3)4;1-7(2)5-6-8(3)4;1-7(2)8-5-3-4-6-8;1-6(2)5-7(3)4;1-2;;;;;;/h8-10H,3-7H2,1-2H3;8-9H,7H2,1-6H3;7-8H,5-6H2,1-4H3;7H,3-6H2,1-2H3;6-7H,5H2,1-4H3;1-2H2;6*1H4. The maximum atomic E-state index is 3.00. The highest BCUT2D eigenvalue weighted by atomic mass is 15.2. The molecule has 2 unspecified atom stereocenters. The van der Waals surface area contributed by atoms with Crippen LogP contribution in [0.3, 0.4) is 0 Å². The average Bonchev–Trinajstić information content (AvgIpc) is 3.67. The van der Waals surface area contributed by atoms with Crippen LogP contribution in [0.1, 0.15) is 227 Å². The van der Waals surface area contributed by atoms with E-state index in [0.29, 0.717) is 5.41 Å². The molecule has 0 aromatic carbocycles. The van der Waals surface area contributed by atoms with Crippen molar-refractivity contribution in [3.8, 4) is 0 Å². The van der Waals surface area contributed by atoms with Gasteiger partial charge in [-0.3, -0.25) is 0 Å². The average molecular weight is 748 g/mol. The predicted octanol–water partition coefficient (Wildman–Crippen LogP) is 17.7. The Labute approximate surface area is 339 Å². The van der Waals surface area contributed by atoms with E-state index in [1.54, 1.807) is 0 Å². The molecule has 2 aliphatic heterocycles. The summed E-state index contributed by atoms with van der Waals surface area (Å²) in [6, 6.07) is 1.55. The first-order chi connectivity index (χ1) is 21.2. The van der Waals surface area contributed by atoms with Gasteiger partial charge in [-0.05, 0) is 132 Å². The Morgan fingerprint density at radius 2 is 0.808 bits per heavy atom. The summed E-state index contributed by atoms with van der Waals surface area (Å²) in [5.41, 5.74) is 0.522. The van der Waals surface area contributed by atoms with Crippen LogP contribution in [0.5, 0.6) is 0 Å². The first-order valence-corrected chi connectivity index (χ1v) is 20.2. The molecule has 2 heteroatoms. The minimum absolute atomic E-state index is 0. The number of hydrogen-bond donors (Lipinski definition) is 0. The molecular formula is C50H118N2. The van der Waals surface area contributed by atoms with Crippen LogP contribution < -0.4 is 0 Å². The van der Waals surface area contributed by atoms with Gasteiger partial charge in [-0.1, -0.05) is 161 Å². The zero-order valence-corrected chi connectivity index (χ0v) is 35.8. The highest BCUT2D eigenvalue weighted by molar-refractivity contribution is 4.89. The van der Waals surface area contributed by atoms with Crippen molar-refractivity contribution >= 4 is 0 Å². The SMILES string of the molecule is C.C.C.C.C.C.C=C.CC(C)CC(C)(C)C(C)C.CC(C)CC(C)C.CC(C)CCC(C)C.CC(C)N1CC2CCCC2C1.CC(C)N1CCCC1. The minimum atomic E-state index is 0. The van der Waals surface area contributed by atoms with Gasteiger partial charge in [0.15, 0.2) is 0 Å². The van der Waals surface area contributed by atoms with Crippen molar-refractivity contribution in [3.05, 3.63) is 13.2 Å². The Morgan fingerprint density at radius 3 is 0.981 bits per heavy atom. The van der Waals surface area contributed by atoms with Gasteiger partial charge in [0, 0.05) is 25.2 Å². The second-order valence-corrected chi connectivity index (χ2v) is 18.5. The maximum Gasteiger partial charge on any atom is 0.00388 e. The number of likely N-dealkylation sites (tertiary alicyclic amines) is 2. The molecular weight excluding hydrogens is 629 g/mol. The van der Waals surface area contributed by atoms with Crippen LogP contribution >= 0.6 is 0 Å². The lowest BCUT2D eigenvalue weighted by Crippen LogP contribution is -2.28. The third-order valence-electron chi connectivity index (χ3n) is 10.1. The molecule has 0 radical (unpaired) electrons. The van der Waals surface area contributed by atoms with E-state index < -0.39 is 0 Å². The van der Waals surface area contributed by atoms with Gasteiger partial charge >= 0.3 is 0 Å². The molecule has 3 aliphatic rings. The quantitative estimate of drug-likeness (QED) is 0.205. The van der Waals surface area contributed by atoms with Crippen LogP contribution in [0.15, 0.2) is 13.2 Å². The predicted molar refractivity (Wildman–Crippen MR) is 256 cm³/mol. The van der Waals surface area contributed by atoms with E-state index in [4.69, 9.17) is 0 Å². The molecule has 0 amide bonds. The number of fused-ring (bicyclic) bond motifs is 1. The zero-order valence-electron chi connectivity index (χ0n) is 35.8. The fourth-order valence-corrected chi connectivity index (χ4v) is 6.85. The van der Waals surface area contributed by atoms with Gasteiger partial charge in [0.2, 0.25) is 0 Å². The topological polar surface area (TPSA) is 6.48 Å².